The average Bonchev–Trinajstić information content (AvgIpc) is 2.63. The number of carbonyl (C=O) groups is 1. The molecule has 0 N–H and O–H groups in total. The van der Waals surface area contributed by atoms with Gasteiger partial charge in [0.25, 0.3) is 0 Å². The number of methoxy groups -OCH3 is 2. The van der Waals surface area contributed by atoms with E-state index in [1.165, 1.54) is 6.07 Å². The number of hydrogen-bond acceptors (Lipinski definition) is 6. The Morgan fingerprint density at radius 2 is 1.89 bits per heavy atom. The van der Waals surface area contributed by atoms with E-state index in [1.54, 1.807) is 20.3 Å². The monoisotopic (exact) mass is 374 g/mol. The molecule has 146 valence electrons. The molecule has 27 heavy (non-hydrogen) atoms. The van der Waals surface area contributed by atoms with E-state index < -0.39 is 5.63 Å². The quantitative estimate of drug-likeness (QED) is 0.492. The van der Waals surface area contributed by atoms with Crippen LogP contribution in [0.5, 0.6) is 5.75 Å². The summed E-state index contributed by atoms with van der Waals surface area (Å²) in [5, 5.41) is 0.793. The molecule has 6 heteroatoms. The predicted octanol–water partition coefficient (Wildman–Crippen LogP) is 3.67. The second-order valence-corrected chi connectivity index (χ2v) is 6.71. The molecule has 1 unspecified atom stereocenters. The second kappa shape index (κ2) is 9.92. The molecule has 0 spiro atoms. The molecular weight excluding hydrogens is 348 g/mol. The van der Waals surface area contributed by atoms with Gasteiger partial charge in [0.15, 0.2) is 0 Å². The zero-order valence-corrected chi connectivity index (χ0v) is 16.2. The van der Waals surface area contributed by atoms with Crippen LogP contribution in [0, 0.1) is 11.8 Å². The van der Waals surface area contributed by atoms with Crippen molar-refractivity contribution in [2.45, 2.75) is 20.3 Å². The average molecular weight is 374 g/mol. The van der Waals surface area contributed by atoms with Crippen molar-refractivity contribution in [2.75, 3.05) is 27.4 Å². The Labute approximate surface area is 158 Å². The molecule has 1 heterocycles. The SMILES string of the molecule is COCC(/C=C/c1c(OC)ccc2ccc(=O)oc12)COC(=O)CC(C)C. The molecule has 0 aliphatic rings. The van der Waals surface area contributed by atoms with Gasteiger partial charge in [0.05, 0.1) is 25.9 Å². The van der Waals surface area contributed by atoms with Gasteiger partial charge >= 0.3 is 11.6 Å². The molecule has 0 saturated carbocycles. The van der Waals surface area contributed by atoms with Crippen molar-refractivity contribution >= 4 is 23.0 Å². The van der Waals surface area contributed by atoms with Crippen LogP contribution >= 0.6 is 0 Å². The number of esters is 1. The normalized spacial score (nSPS) is 12.6. The fourth-order valence-electron chi connectivity index (χ4n) is 2.67. The van der Waals surface area contributed by atoms with Crippen molar-refractivity contribution in [3.05, 3.63) is 46.3 Å². The third-order valence-corrected chi connectivity index (χ3v) is 3.96. The van der Waals surface area contributed by atoms with Crippen molar-refractivity contribution in [3.8, 4) is 5.75 Å². The third kappa shape index (κ3) is 5.96. The largest absolute Gasteiger partial charge is 0.496 e. The van der Waals surface area contributed by atoms with Gasteiger partial charge in [-0.2, -0.15) is 0 Å². The van der Waals surface area contributed by atoms with Gasteiger partial charge in [0.1, 0.15) is 11.3 Å². The standard InChI is InChI=1S/C21H26O6/c1-14(2)11-20(23)26-13-15(12-24-3)5-8-17-18(25-4)9-6-16-7-10-19(22)27-21(16)17/h5-10,14-15H,11-13H2,1-4H3/b8-5+. The highest BCUT2D eigenvalue weighted by atomic mass is 16.5. The lowest BCUT2D eigenvalue weighted by Crippen LogP contribution is -2.17. The molecule has 1 aromatic heterocycles. The Balaban J connectivity index is 2.25. The van der Waals surface area contributed by atoms with E-state index in [2.05, 4.69) is 0 Å². The fourth-order valence-corrected chi connectivity index (χ4v) is 2.67. The zero-order chi connectivity index (χ0) is 19.8. The topological polar surface area (TPSA) is 75.0 Å². The van der Waals surface area contributed by atoms with Crippen molar-refractivity contribution in [1.82, 2.24) is 0 Å². The minimum atomic E-state index is -0.429. The summed E-state index contributed by atoms with van der Waals surface area (Å²) in [4.78, 5) is 23.4. The number of ether oxygens (including phenoxy) is 3. The molecule has 0 aliphatic carbocycles. The van der Waals surface area contributed by atoms with Crippen molar-refractivity contribution < 1.29 is 23.4 Å². The van der Waals surface area contributed by atoms with Gasteiger partial charge in [0.2, 0.25) is 0 Å². The fraction of sp³-hybridized carbons (Fsp3) is 0.429. The number of fused-ring (bicyclic) bond motifs is 1. The Kier molecular flexibility index (Phi) is 7.61. The van der Waals surface area contributed by atoms with Crippen molar-refractivity contribution in [3.63, 3.8) is 0 Å². The lowest BCUT2D eigenvalue weighted by molar-refractivity contribution is -0.145. The summed E-state index contributed by atoms with van der Waals surface area (Å²) in [7, 11) is 3.15. The van der Waals surface area contributed by atoms with Crippen molar-refractivity contribution in [2.24, 2.45) is 11.8 Å². The molecular formula is C21H26O6. The van der Waals surface area contributed by atoms with Crippen LogP contribution in [0.4, 0.5) is 0 Å². The van der Waals surface area contributed by atoms with Gasteiger partial charge in [-0.3, -0.25) is 4.79 Å². The maximum Gasteiger partial charge on any atom is 0.336 e. The van der Waals surface area contributed by atoms with E-state index in [-0.39, 0.29) is 24.4 Å². The summed E-state index contributed by atoms with van der Waals surface area (Å²) in [5.74, 6) is 0.465. The Bertz CT molecular complexity index is 849. The lowest BCUT2D eigenvalue weighted by atomic mass is 10.1. The smallest absolute Gasteiger partial charge is 0.336 e. The highest BCUT2D eigenvalue weighted by molar-refractivity contribution is 5.88. The minimum Gasteiger partial charge on any atom is -0.496 e. The maximum atomic E-state index is 11.8. The van der Waals surface area contributed by atoms with Gasteiger partial charge in [-0.05, 0) is 24.1 Å². The molecule has 0 bridgehead atoms. The van der Waals surface area contributed by atoms with Crippen molar-refractivity contribution in [1.29, 1.82) is 0 Å². The van der Waals surface area contributed by atoms with Crippen LogP contribution in [-0.2, 0) is 14.3 Å². The highest BCUT2D eigenvalue weighted by Gasteiger charge is 2.13. The van der Waals surface area contributed by atoms with Gasteiger partial charge in [-0.25, -0.2) is 4.79 Å². The highest BCUT2D eigenvalue weighted by Crippen LogP contribution is 2.28. The molecule has 2 rings (SSSR count). The molecule has 6 nitrogen and oxygen atoms in total. The van der Waals surface area contributed by atoms with Crippen LogP contribution in [0.2, 0.25) is 0 Å². The van der Waals surface area contributed by atoms with E-state index in [0.717, 1.165) is 5.39 Å². The summed E-state index contributed by atoms with van der Waals surface area (Å²) in [5.41, 5.74) is 0.676. The van der Waals surface area contributed by atoms with E-state index >= 15 is 0 Å². The summed E-state index contributed by atoms with van der Waals surface area (Å²) in [6.07, 6.45) is 4.06. The minimum absolute atomic E-state index is 0.137. The number of benzene rings is 1. The Morgan fingerprint density at radius 3 is 2.56 bits per heavy atom. The summed E-state index contributed by atoms with van der Waals surface area (Å²) < 4.78 is 21.3. The van der Waals surface area contributed by atoms with Crippen LogP contribution in [0.1, 0.15) is 25.8 Å². The summed E-state index contributed by atoms with van der Waals surface area (Å²) >= 11 is 0. The Morgan fingerprint density at radius 1 is 1.15 bits per heavy atom. The first-order valence-corrected chi connectivity index (χ1v) is 8.88. The number of rotatable bonds is 9. The first kappa shape index (κ1) is 20.7. The predicted molar refractivity (Wildman–Crippen MR) is 104 cm³/mol. The molecule has 1 atom stereocenters. The van der Waals surface area contributed by atoms with E-state index in [1.807, 2.05) is 38.1 Å². The van der Waals surface area contributed by atoms with Crippen LogP contribution in [0.25, 0.3) is 17.0 Å². The summed E-state index contributed by atoms with van der Waals surface area (Å²) in [6.45, 7) is 4.54. The zero-order valence-electron chi connectivity index (χ0n) is 16.2. The Hall–Kier alpha value is -2.60. The van der Waals surface area contributed by atoms with Crippen LogP contribution in [0.3, 0.4) is 0 Å². The van der Waals surface area contributed by atoms with Gasteiger partial charge in [-0.1, -0.05) is 26.0 Å². The number of hydrogen-bond donors (Lipinski definition) is 0. The van der Waals surface area contributed by atoms with Gasteiger partial charge in [0, 0.05) is 30.9 Å². The lowest BCUT2D eigenvalue weighted by Gasteiger charge is -2.14. The molecule has 0 radical (unpaired) electrons. The molecule has 0 aliphatic heterocycles. The van der Waals surface area contributed by atoms with Gasteiger partial charge in [-0.15, -0.1) is 0 Å². The summed E-state index contributed by atoms with van der Waals surface area (Å²) in [6, 6.07) is 6.73. The van der Waals surface area contributed by atoms with Gasteiger partial charge < -0.3 is 18.6 Å². The molecule has 1 aromatic carbocycles. The van der Waals surface area contributed by atoms with Crippen LogP contribution in [-0.4, -0.2) is 33.4 Å². The van der Waals surface area contributed by atoms with E-state index in [9.17, 15) is 9.59 Å². The first-order valence-electron chi connectivity index (χ1n) is 8.88. The number of carbonyl (C=O) groups excluding carboxylic acids is 1. The molecule has 2 aromatic rings. The van der Waals surface area contributed by atoms with Crippen LogP contribution < -0.4 is 10.4 Å². The first-order chi connectivity index (χ1) is 12.9. The van der Waals surface area contributed by atoms with E-state index in [0.29, 0.717) is 29.9 Å². The molecule has 0 amide bonds. The third-order valence-electron chi connectivity index (χ3n) is 3.96. The van der Waals surface area contributed by atoms with E-state index in [4.69, 9.17) is 18.6 Å². The molecule has 0 fully saturated rings. The molecule has 0 saturated heterocycles. The van der Waals surface area contributed by atoms with Crippen LogP contribution in [0.15, 0.2) is 39.6 Å². The second-order valence-electron chi connectivity index (χ2n) is 6.71. The maximum absolute atomic E-state index is 11.8.